The quantitative estimate of drug-likeness (QED) is 0.527. The van der Waals surface area contributed by atoms with Crippen molar-refractivity contribution in [3.63, 3.8) is 0 Å². The zero-order chi connectivity index (χ0) is 18.3. The molecule has 132 valence electrons. The molecule has 0 aliphatic heterocycles. The summed E-state index contributed by atoms with van der Waals surface area (Å²) in [6.45, 7) is 4.85. The van der Waals surface area contributed by atoms with E-state index in [1.54, 1.807) is 12.1 Å². The van der Waals surface area contributed by atoms with Crippen molar-refractivity contribution in [2.24, 2.45) is 0 Å². The lowest BCUT2D eigenvalue weighted by molar-refractivity contribution is 0.476. The maximum atomic E-state index is 12.7. The van der Waals surface area contributed by atoms with Crippen molar-refractivity contribution in [1.29, 1.82) is 0 Å². The molecule has 0 amide bonds. The lowest BCUT2D eigenvalue weighted by atomic mass is 10.1. The number of fused-ring (bicyclic) bond motifs is 2. The van der Waals surface area contributed by atoms with Crippen molar-refractivity contribution in [3.8, 4) is 17.0 Å². The fourth-order valence-corrected chi connectivity index (χ4v) is 3.14. The number of benzene rings is 2. The Bertz CT molecular complexity index is 1170. The number of nitrogens with zero attached hydrogens (tertiary/aromatic N) is 2. The second-order valence-electron chi connectivity index (χ2n) is 6.46. The highest BCUT2D eigenvalue weighted by atomic mass is 16.3. The number of rotatable bonds is 4. The third kappa shape index (κ3) is 2.69. The van der Waals surface area contributed by atoms with Gasteiger partial charge in [-0.05, 0) is 43.2 Å². The van der Waals surface area contributed by atoms with Crippen LogP contribution in [0.4, 0.5) is 0 Å². The number of aromatic hydroxyl groups is 1. The van der Waals surface area contributed by atoms with Crippen LogP contribution >= 0.6 is 0 Å². The molecule has 3 N–H and O–H groups in total. The van der Waals surface area contributed by atoms with Gasteiger partial charge in [0, 0.05) is 29.8 Å². The van der Waals surface area contributed by atoms with Crippen LogP contribution in [0.2, 0.25) is 0 Å². The largest absolute Gasteiger partial charge is 0.508 e. The fourth-order valence-electron chi connectivity index (χ4n) is 3.14. The Labute approximate surface area is 150 Å². The molecule has 0 saturated heterocycles. The van der Waals surface area contributed by atoms with Gasteiger partial charge in [0.05, 0.1) is 16.6 Å². The Balaban J connectivity index is 1.98. The smallest absolute Gasteiger partial charge is 0.275 e. The molecular weight excluding hydrogens is 328 g/mol. The minimum atomic E-state index is -0.232. The van der Waals surface area contributed by atoms with Crippen LogP contribution in [0, 0.1) is 6.92 Å². The minimum Gasteiger partial charge on any atom is -0.508 e. The van der Waals surface area contributed by atoms with E-state index in [2.05, 4.69) is 22.3 Å². The van der Waals surface area contributed by atoms with Gasteiger partial charge >= 0.3 is 0 Å². The Hall–Kier alpha value is -3.28. The molecule has 2 aromatic heterocycles. The molecule has 0 bridgehead atoms. The predicted octanol–water partition coefficient (Wildman–Crippen LogP) is 3.51. The molecule has 0 aliphatic carbocycles. The van der Waals surface area contributed by atoms with Crippen molar-refractivity contribution >= 4 is 21.9 Å². The van der Waals surface area contributed by atoms with Gasteiger partial charge in [-0.25, -0.2) is 4.98 Å². The predicted molar refractivity (Wildman–Crippen MR) is 104 cm³/mol. The highest BCUT2D eigenvalue weighted by Gasteiger charge is 2.16. The molecule has 6 heteroatoms. The van der Waals surface area contributed by atoms with Crippen LogP contribution in [0.5, 0.6) is 5.75 Å². The number of hydrogen-bond donors (Lipinski definition) is 3. The number of aryl methyl sites for hydroxylation is 1. The molecule has 0 aliphatic rings. The zero-order valence-electron chi connectivity index (χ0n) is 14.7. The van der Waals surface area contributed by atoms with E-state index < -0.39 is 0 Å². The molecule has 2 aromatic carbocycles. The molecule has 2 heterocycles. The topological polar surface area (TPSA) is 82.9 Å². The van der Waals surface area contributed by atoms with Crippen molar-refractivity contribution < 1.29 is 5.11 Å². The number of hydrogen-bond acceptors (Lipinski definition) is 4. The molecule has 26 heavy (non-hydrogen) atoms. The molecule has 0 saturated carbocycles. The van der Waals surface area contributed by atoms with Crippen LogP contribution in [-0.4, -0.2) is 26.3 Å². The minimum absolute atomic E-state index is 0.178. The molecule has 0 spiro atoms. The third-order valence-electron chi connectivity index (χ3n) is 4.43. The summed E-state index contributed by atoms with van der Waals surface area (Å²) in [5.41, 5.74) is 7.51. The van der Waals surface area contributed by atoms with E-state index in [1.807, 2.05) is 42.1 Å². The van der Waals surface area contributed by atoms with Crippen LogP contribution in [-0.2, 0) is 0 Å². The summed E-state index contributed by atoms with van der Waals surface area (Å²) in [6.07, 6.45) is 2.82. The van der Waals surface area contributed by atoms with Crippen molar-refractivity contribution in [3.05, 3.63) is 58.5 Å². The first-order valence-electron chi connectivity index (χ1n) is 8.66. The first-order chi connectivity index (χ1) is 12.6. The highest BCUT2D eigenvalue weighted by molar-refractivity contribution is 5.96. The van der Waals surface area contributed by atoms with E-state index in [0.717, 1.165) is 46.0 Å². The van der Waals surface area contributed by atoms with E-state index in [9.17, 15) is 9.90 Å². The average molecular weight is 348 g/mol. The summed E-state index contributed by atoms with van der Waals surface area (Å²) in [5.74, 6) is 0.178. The molecule has 4 rings (SSSR count). The Morgan fingerprint density at radius 1 is 1.23 bits per heavy atom. The second-order valence-corrected chi connectivity index (χ2v) is 6.46. The molecule has 0 atom stereocenters. The third-order valence-corrected chi connectivity index (χ3v) is 4.43. The molecule has 0 unspecified atom stereocenters. The monoisotopic (exact) mass is 348 g/mol. The van der Waals surface area contributed by atoms with Crippen molar-refractivity contribution in [2.75, 3.05) is 12.0 Å². The van der Waals surface area contributed by atoms with E-state index in [-0.39, 0.29) is 11.3 Å². The van der Waals surface area contributed by atoms with Crippen LogP contribution in [0.3, 0.4) is 0 Å². The first-order valence-corrected chi connectivity index (χ1v) is 8.66. The van der Waals surface area contributed by atoms with Gasteiger partial charge in [0.15, 0.2) is 0 Å². The SMILES string of the molecule is CCCNn1cc(-c2nc3cc(C)ccc3[nH]c2=O)c2ccc(O)cc21. The van der Waals surface area contributed by atoms with Crippen molar-refractivity contribution in [1.82, 2.24) is 14.6 Å². The maximum Gasteiger partial charge on any atom is 0.275 e. The molecule has 4 aromatic rings. The van der Waals surface area contributed by atoms with Crippen LogP contribution < -0.4 is 11.0 Å². The summed E-state index contributed by atoms with van der Waals surface area (Å²) >= 11 is 0. The van der Waals surface area contributed by atoms with Gasteiger partial charge in [0.1, 0.15) is 11.4 Å². The van der Waals surface area contributed by atoms with Gasteiger partial charge in [-0.1, -0.05) is 13.0 Å². The zero-order valence-corrected chi connectivity index (χ0v) is 14.7. The number of H-pyrrole nitrogens is 1. The van der Waals surface area contributed by atoms with Gasteiger partial charge in [0.2, 0.25) is 0 Å². The number of aromatic nitrogens is 3. The second kappa shape index (κ2) is 6.22. The van der Waals surface area contributed by atoms with Crippen molar-refractivity contribution in [2.45, 2.75) is 20.3 Å². The molecule has 6 nitrogen and oxygen atoms in total. The van der Waals surface area contributed by atoms with Crippen LogP contribution in [0.15, 0.2) is 47.4 Å². The lowest BCUT2D eigenvalue weighted by Gasteiger charge is -2.07. The number of phenols is 1. The summed E-state index contributed by atoms with van der Waals surface area (Å²) in [6, 6.07) is 10.9. The van der Waals surface area contributed by atoms with E-state index >= 15 is 0 Å². The Morgan fingerprint density at radius 2 is 2.08 bits per heavy atom. The average Bonchev–Trinajstić information content (AvgIpc) is 2.97. The summed E-state index contributed by atoms with van der Waals surface area (Å²) in [7, 11) is 0. The van der Waals surface area contributed by atoms with E-state index in [4.69, 9.17) is 0 Å². The molecule has 0 radical (unpaired) electrons. The maximum absolute atomic E-state index is 12.7. The summed E-state index contributed by atoms with van der Waals surface area (Å²) < 4.78 is 1.84. The number of nitrogens with one attached hydrogen (secondary N) is 2. The van der Waals surface area contributed by atoms with Gasteiger partial charge in [-0.3, -0.25) is 9.47 Å². The van der Waals surface area contributed by atoms with E-state index in [1.165, 1.54) is 0 Å². The Morgan fingerprint density at radius 3 is 2.88 bits per heavy atom. The number of phenolic OH excluding ortho intramolecular Hbond substituents is 1. The van der Waals surface area contributed by atoms with Crippen LogP contribution in [0.1, 0.15) is 18.9 Å². The fraction of sp³-hybridized carbons (Fsp3) is 0.200. The van der Waals surface area contributed by atoms with E-state index in [0.29, 0.717) is 5.69 Å². The Kier molecular flexibility index (Phi) is 3.88. The lowest BCUT2D eigenvalue weighted by Crippen LogP contribution is -2.14. The highest BCUT2D eigenvalue weighted by Crippen LogP contribution is 2.30. The normalized spacial score (nSPS) is 11.3. The molecular formula is C20H20N4O2. The summed E-state index contributed by atoms with van der Waals surface area (Å²) in [4.78, 5) is 20.2. The summed E-state index contributed by atoms with van der Waals surface area (Å²) in [5, 5.41) is 10.7. The van der Waals surface area contributed by atoms with Gasteiger partial charge in [-0.2, -0.15) is 0 Å². The van der Waals surface area contributed by atoms with Gasteiger partial charge < -0.3 is 15.5 Å². The van der Waals surface area contributed by atoms with Crippen LogP contribution in [0.25, 0.3) is 33.2 Å². The standard InChI is InChI=1S/C20H20N4O2/c1-3-8-21-24-11-15(14-6-5-13(25)10-18(14)24)19-20(26)23-16-7-4-12(2)9-17(16)22-19/h4-7,9-11,21,25H,3,8H2,1-2H3,(H,23,26). The molecule has 0 fully saturated rings. The first kappa shape index (κ1) is 16.2. The van der Waals surface area contributed by atoms with Gasteiger partial charge in [-0.15, -0.1) is 0 Å². The number of aromatic amines is 1. The van der Waals surface area contributed by atoms with Gasteiger partial charge in [0.25, 0.3) is 5.56 Å².